The van der Waals surface area contributed by atoms with Crippen LogP contribution in [-0.2, 0) is 11.2 Å². The second kappa shape index (κ2) is 6.98. The van der Waals surface area contributed by atoms with Gasteiger partial charge in [0.1, 0.15) is 12.4 Å². The monoisotopic (exact) mass is 351 g/mol. The summed E-state index contributed by atoms with van der Waals surface area (Å²) in [6, 6.07) is 12.3. The average Bonchev–Trinajstić information content (AvgIpc) is 2.66. The summed E-state index contributed by atoms with van der Waals surface area (Å²) >= 11 is 0. The van der Waals surface area contributed by atoms with Crippen LogP contribution >= 0.6 is 0 Å². The van der Waals surface area contributed by atoms with E-state index in [0.29, 0.717) is 6.61 Å². The third-order valence-electron chi connectivity index (χ3n) is 5.25. The van der Waals surface area contributed by atoms with Crippen LogP contribution in [0.2, 0.25) is 0 Å². The molecule has 1 unspecified atom stereocenters. The Balaban J connectivity index is 1.38. The smallest absolute Gasteiger partial charge is 0.229 e. The van der Waals surface area contributed by atoms with Crippen molar-refractivity contribution < 1.29 is 9.53 Å². The number of pyridine rings is 1. The first-order valence-corrected chi connectivity index (χ1v) is 9.30. The van der Waals surface area contributed by atoms with Gasteiger partial charge >= 0.3 is 0 Å². The van der Waals surface area contributed by atoms with Crippen LogP contribution in [0.25, 0.3) is 0 Å². The summed E-state index contributed by atoms with van der Waals surface area (Å²) in [4.78, 5) is 21.7. The molecule has 3 heterocycles. The molecule has 0 N–H and O–H groups in total. The molecular formula is C21H25N3O2. The Morgan fingerprint density at radius 2 is 1.77 bits per heavy atom. The van der Waals surface area contributed by atoms with E-state index in [1.165, 1.54) is 5.69 Å². The lowest BCUT2D eigenvalue weighted by Crippen LogP contribution is -2.51. The highest BCUT2D eigenvalue weighted by atomic mass is 16.5. The predicted octanol–water partition coefficient (Wildman–Crippen LogP) is 2.60. The number of piperazine rings is 1. The van der Waals surface area contributed by atoms with Crippen molar-refractivity contribution in [1.82, 2.24) is 9.88 Å². The van der Waals surface area contributed by atoms with Crippen LogP contribution in [-0.4, -0.2) is 48.6 Å². The van der Waals surface area contributed by atoms with Crippen LogP contribution in [0.4, 0.5) is 5.69 Å². The number of ether oxygens (including phenoxy) is 1. The van der Waals surface area contributed by atoms with Gasteiger partial charge in [-0.25, -0.2) is 0 Å². The highest BCUT2D eigenvalue weighted by molar-refractivity contribution is 5.80. The van der Waals surface area contributed by atoms with E-state index in [4.69, 9.17) is 4.74 Å². The van der Waals surface area contributed by atoms with Gasteiger partial charge < -0.3 is 14.5 Å². The number of rotatable bonds is 2. The number of anilines is 1. The van der Waals surface area contributed by atoms with E-state index in [2.05, 4.69) is 28.1 Å². The van der Waals surface area contributed by atoms with Crippen LogP contribution in [0.15, 0.2) is 36.4 Å². The van der Waals surface area contributed by atoms with E-state index in [1.807, 2.05) is 36.9 Å². The van der Waals surface area contributed by atoms with E-state index in [0.717, 1.165) is 55.3 Å². The number of amides is 1. The van der Waals surface area contributed by atoms with Crippen LogP contribution in [0.1, 0.15) is 17.0 Å². The maximum Gasteiger partial charge on any atom is 0.229 e. The molecule has 1 aromatic carbocycles. The quantitative estimate of drug-likeness (QED) is 0.834. The van der Waals surface area contributed by atoms with Gasteiger partial charge in [0, 0.05) is 43.3 Å². The van der Waals surface area contributed by atoms with Crippen molar-refractivity contribution in [3.8, 4) is 5.75 Å². The largest absolute Gasteiger partial charge is 0.492 e. The van der Waals surface area contributed by atoms with E-state index >= 15 is 0 Å². The molecule has 5 nitrogen and oxygen atoms in total. The SMILES string of the molecule is Cc1cc(N2CCN(C(=O)C3COc4ccccc4C3)CC2)cc(C)n1. The molecule has 0 bridgehead atoms. The molecule has 2 aromatic rings. The molecule has 136 valence electrons. The number of carbonyl (C=O) groups is 1. The molecule has 0 radical (unpaired) electrons. The maximum absolute atomic E-state index is 12.9. The molecule has 1 fully saturated rings. The maximum atomic E-state index is 12.9. The van der Waals surface area contributed by atoms with Crippen molar-refractivity contribution in [2.75, 3.05) is 37.7 Å². The topological polar surface area (TPSA) is 45.7 Å². The van der Waals surface area contributed by atoms with Gasteiger partial charge in [-0.15, -0.1) is 0 Å². The van der Waals surface area contributed by atoms with Gasteiger partial charge in [0.2, 0.25) is 5.91 Å². The predicted molar refractivity (Wildman–Crippen MR) is 102 cm³/mol. The molecule has 26 heavy (non-hydrogen) atoms. The third-order valence-corrected chi connectivity index (χ3v) is 5.25. The van der Waals surface area contributed by atoms with Crippen molar-refractivity contribution in [1.29, 1.82) is 0 Å². The number of aryl methyl sites for hydroxylation is 2. The summed E-state index contributed by atoms with van der Waals surface area (Å²) in [6.45, 7) is 7.78. The minimum Gasteiger partial charge on any atom is -0.492 e. The molecule has 1 atom stereocenters. The van der Waals surface area contributed by atoms with Crippen molar-refractivity contribution in [3.05, 3.63) is 53.3 Å². The van der Waals surface area contributed by atoms with E-state index in [-0.39, 0.29) is 11.8 Å². The van der Waals surface area contributed by atoms with Crippen molar-refractivity contribution in [2.45, 2.75) is 20.3 Å². The van der Waals surface area contributed by atoms with Gasteiger partial charge in [0.05, 0.1) is 5.92 Å². The zero-order valence-electron chi connectivity index (χ0n) is 15.4. The first-order chi connectivity index (χ1) is 12.6. The second-order valence-corrected chi connectivity index (χ2v) is 7.24. The summed E-state index contributed by atoms with van der Waals surface area (Å²) in [5, 5.41) is 0. The summed E-state index contributed by atoms with van der Waals surface area (Å²) in [5.41, 5.74) is 4.42. The molecule has 5 heteroatoms. The normalized spacial score (nSPS) is 19.7. The number of aromatic nitrogens is 1. The Hall–Kier alpha value is -2.56. The first-order valence-electron chi connectivity index (χ1n) is 9.30. The number of fused-ring (bicyclic) bond motifs is 1. The average molecular weight is 351 g/mol. The Bertz CT molecular complexity index is 792. The lowest BCUT2D eigenvalue weighted by atomic mass is 9.95. The molecule has 2 aliphatic heterocycles. The number of hydrogen-bond acceptors (Lipinski definition) is 4. The lowest BCUT2D eigenvalue weighted by molar-refractivity contribution is -0.137. The molecule has 1 amide bonds. The van der Waals surface area contributed by atoms with Gasteiger partial charge in [-0.3, -0.25) is 9.78 Å². The van der Waals surface area contributed by atoms with Gasteiger partial charge in [0.25, 0.3) is 0 Å². The number of benzene rings is 1. The molecule has 4 rings (SSSR count). The summed E-state index contributed by atoms with van der Waals surface area (Å²) in [5.74, 6) is 1.08. The number of carbonyl (C=O) groups excluding carboxylic acids is 1. The zero-order valence-corrected chi connectivity index (χ0v) is 15.4. The Morgan fingerprint density at radius 3 is 2.50 bits per heavy atom. The molecule has 0 spiro atoms. The number of nitrogens with zero attached hydrogens (tertiary/aromatic N) is 3. The highest BCUT2D eigenvalue weighted by Crippen LogP contribution is 2.28. The fraction of sp³-hybridized carbons (Fsp3) is 0.429. The molecule has 1 saturated heterocycles. The first kappa shape index (κ1) is 16.9. The van der Waals surface area contributed by atoms with E-state index in [1.54, 1.807) is 0 Å². The van der Waals surface area contributed by atoms with Crippen molar-refractivity contribution in [3.63, 3.8) is 0 Å². The summed E-state index contributed by atoms with van der Waals surface area (Å²) in [6.07, 6.45) is 0.776. The molecule has 0 aliphatic carbocycles. The second-order valence-electron chi connectivity index (χ2n) is 7.24. The fourth-order valence-corrected chi connectivity index (χ4v) is 3.92. The zero-order chi connectivity index (χ0) is 18.1. The minimum absolute atomic E-state index is 0.0677. The van der Waals surface area contributed by atoms with Gasteiger partial charge in [-0.1, -0.05) is 18.2 Å². The summed E-state index contributed by atoms with van der Waals surface area (Å²) in [7, 11) is 0. The van der Waals surface area contributed by atoms with Gasteiger partial charge in [-0.05, 0) is 44.0 Å². The van der Waals surface area contributed by atoms with Gasteiger partial charge in [0.15, 0.2) is 0 Å². The number of hydrogen-bond donors (Lipinski definition) is 0. The highest BCUT2D eigenvalue weighted by Gasteiger charge is 2.31. The molecule has 1 aromatic heterocycles. The molecular weight excluding hydrogens is 326 g/mol. The van der Waals surface area contributed by atoms with E-state index < -0.39 is 0 Å². The lowest BCUT2D eigenvalue weighted by Gasteiger charge is -2.38. The molecule has 0 saturated carbocycles. The minimum atomic E-state index is -0.0677. The Labute approximate surface area is 154 Å². The van der Waals surface area contributed by atoms with Crippen LogP contribution in [0.3, 0.4) is 0 Å². The van der Waals surface area contributed by atoms with Gasteiger partial charge in [-0.2, -0.15) is 0 Å². The van der Waals surface area contributed by atoms with Crippen molar-refractivity contribution in [2.24, 2.45) is 5.92 Å². The van der Waals surface area contributed by atoms with Crippen LogP contribution in [0, 0.1) is 19.8 Å². The van der Waals surface area contributed by atoms with Crippen LogP contribution < -0.4 is 9.64 Å². The molecule has 2 aliphatic rings. The van der Waals surface area contributed by atoms with E-state index in [9.17, 15) is 4.79 Å². The fourth-order valence-electron chi connectivity index (χ4n) is 3.92. The third kappa shape index (κ3) is 3.39. The Kier molecular flexibility index (Phi) is 4.53. The standard InChI is InChI=1S/C21H25N3O2/c1-15-11-19(12-16(2)22-15)23-7-9-24(10-8-23)21(25)18-13-17-5-3-4-6-20(17)26-14-18/h3-6,11-12,18H,7-10,13-14H2,1-2H3. The number of para-hydroxylation sites is 1. The summed E-state index contributed by atoms with van der Waals surface area (Å²) < 4.78 is 5.80. The van der Waals surface area contributed by atoms with Crippen LogP contribution in [0.5, 0.6) is 5.75 Å². The Morgan fingerprint density at radius 1 is 1.08 bits per heavy atom. The van der Waals surface area contributed by atoms with Crippen molar-refractivity contribution >= 4 is 11.6 Å².